The number of carbonyl (C=O) groups excluding carboxylic acids is 1. The molecule has 0 unspecified atom stereocenters. The summed E-state index contributed by atoms with van der Waals surface area (Å²) in [6.07, 6.45) is 2.62. The van der Waals surface area contributed by atoms with E-state index in [0.717, 1.165) is 9.13 Å². The van der Waals surface area contributed by atoms with E-state index in [-0.39, 0.29) is 12.2 Å². The van der Waals surface area contributed by atoms with E-state index >= 15 is 0 Å². The summed E-state index contributed by atoms with van der Waals surface area (Å²) in [4.78, 5) is 37.1. The Morgan fingerprint density at radius 1 is 1.14 bits per heavy atom. The number of hydrogen-bond donors (Lipinski definition) is 1. The fourth-order valence-corrected chi connectivity index (χ4v) is 3.02. The zero-order valence-electron chi connectivity index (χ0n) is 15.6. The van der Waals surface area contributed by atoms with Gasteiger partial charge in [0.15, 0.2) is 0 Å². The lowest BCUT2D eigenvalue weighted by molar-refractivity contribution is -0.116. The number of ether oxygens (including phenoxy) is 1. The van der Waals surface area contributed by atoms with Crippen LogP contribution in [0.2, 0.25) is 5.02 Å². The van der Waals surface area contributed by atoms with Gasteiger partial charge in [0.05, 0.1) is 17.8 Å². The minimum atomic E-state index is -0.904. The predicted molar refractivity (Wildman–Crippen MR) is 108 cm³/mol. The monoisotopic (exact) mass is 417 g/mol. The molecule has 0 spiro atoms. The summed E-state index contributed by atoms with van der Waals surface area (Å²) in [5.74, 6) is -0.594. The number of halogens is 2. The normalized spacial score (nSPS) is 10.6. The quantitative estimate of drug-likeness (QED) is 0.647. The highest BCUT2D eigenvalue weighted by Crippen LogP contribution is 2.27. The zero-order valence-corrected chi connectivity index (χ0v) is 16.4. The van der Waals surface area contributed by atoms with Crippen LogP contribution in [0.1, 0.15) is 5.56 Å². The van der Waals surface area contributed by atoms with Gasteiger partial charge in [0.25, 0.3) is 0 Å². The molecule has 2 aromatic carbocycles. The van der Waals surface area contributed by atoms with Crippen molar-refractivity contribution >= 4 is 23.2 Å². The SMILES string of the molecule is COc1ccc(NC(=O)Cn2ccn(-c3cc(F)ccc3C)c(=O)c2=O)cc1Cl. The molecule has 0 saturated heterocycles. The van der Waals surface area contributed by atoms with Gasteiger partial charge < -0.3 is 10.1 Å². The third-order valence-electron chi connectivity index (χ3n) is 4.24. The molecular weight excluding hydrogens is 401 g/mol. The Morgan fingerprint density at radius 3 is 2.59 bits per heavy atom. The molecule has 150 valence electrons. The Labute approximate surface area is 169 Å². The van der Waals surface area contributed by atoms with Crippen LogP contribution < -0.4 is 21.2 Å². The lowest BCUT2D eigenvalue weighted by Gasteiger charge is -2.12. The highest BCUT2D eigenvalue weighted by atomic mass is 35.5. The van der Waals surface area contributed by atoms with Crippen molar-refractivity contribution in [3.63, 3.8) is 0 Å². The summed E-state index contributed by atoms with van der Waals surface area (Å²) >= 11 is 6.02. The number of nitrogens with one attached hydrogen (secondary N) is 1. The summed E-state index contributed by atoms with van der Waals surface area (Å²) in [5.41, 5.74) is -0.491. The zero-order chi connectivity index (χ0) is 21.1. The number of carbonyl (C=O) groups is 1. The second-order valence-electron chi connectivity index (χ2n) is 6.23. The van der Waals surface area contributed by atoms with Crippen LogP contribution in [0, 0.1) is 12.7 Å². The van der Waals surface area contributed by atoms with Crippen LogP contribution in [0.25, 0.3) is 5.69 Å². The number of amides is 1. The van der Waals surface area contributed by atoms with Crippen molar-refractivity contribution in [2.75, 3.05) is 12.4 Å². The van der Waals surface area contributed by atoms with Crippen LogP contribution in [-0.2, 0) is 11.3 Å². The van der Waals surface area contributed by atoms with Crippen molar-refractivity contribution in [3.05, 3.63) is 85.9 Å². The van der Waals surface area contributed by atoms with E-state index in [2.05, 4.69) is 5.32 Å². The number of rotatable bonds is 5. The first-order valence-electron chi connectivity index (χ1n) is 8.52. The first kappa shape index (κ1) is 20.3. The standard InChI is InChI=1S/C20H17ClFN3O4/c1-12-3-4-13(22)9-16(12)25-8-7-24(19(27)20(25)28)11-18(26)23-14-5-6-17(29-2)15(21)10-14/h3-10H,11H2,1-2H3,(H,23,26). The van der Waals surface area contributed by atoms with Crippen LogP contribution in [0.15, 0.2) is 58.4 Å². The first-order valence-corrected chi connectivity index (χ1v) is 8.90. The molecule has 0 saturated carbocycles. The number of aromatic nitrogens is 2. The molecule has 9 heteroatoms. The van der Waals surface area contributed by atoms with Crippen LogP contribution >= 0.6 is 11.6 Å². The van der Waals surface area contributed by atoms with Gasteiger partial charge in [0.2, 0.25) is 5.91 Å². The molecule has 0 aliphatic carbocycles. The Kier molecular flexibility index (Phi) is 5.84. The Morgan fingerprint density at radius 2 is 1.90 bits per heavy atom. The average Bonchev–Trinajstić information content (AvgIpc) is 2.68. The fourth-order valence-electron chi connectivity index (χ4n) is 2.76. The molecule has 0 atom stereocenters. The predicted octanol–water partition coefficient (Wildman–Crippen LogP) is 2.75. The van der Waals surface area contributed by atoms with Crippen LogP contribution in [0.3, 0.4) is 0 Å². The largest absolute Gasteiger partial charge is 0.495 e. The molecule has 1 N–H and O–H groups in total. The number of anilines is 1. The second kappa shape index (κ2) is 8.32. The molecule has 1 aromatic heterocycles. The molecule has 0 bridgehead atoms. The molecule has 1 amide bonds. The Hall–Kier alpha value is -3.39. The smallest absolute Gasteiger partial charge is 0.320 e. The van der Waals surface area contributed by atoms with Crippen LogP contribution in [0.5, 0.6) is 5.75 Å². The van der Waals surface area contributed by atoms with Gasteiger partial charge in [-0.3, -0.25) is 23.5 Å². The maximum atomic E-state index is 13.5. The van der Waals surface area contributed by atoms with E-state index in [0.29, 0.717) is 22.0 Å². The van der Waals surface area contributed by atoms with Gasteiger partial charge in [-0.1, -0.05) is 17.7 Å². The van der Waals surface area contributed by atoms with Gasteiger partial charge >= 0.3 is 11.1 Å². The fraction of sp³-hybridized carbons (Fsp3) is 0.150. The highest BCUT2D eigenvalue weighted by molar-refractivity contribution is 6.32. The molecule has 1 heterocycles. The minimum absolute atomic E-state index is 0.261. The molecule has 29 heavy (non-hydrogen) atoms. The van der Waals surface area contributed by atoms with E-state index in [4.69, 9.17) is 16.3 Å². The van der Waals surface area contributed by atoms with Crippen LogP contribution in [0.4, 0.5) is 10.1 Å². The van der Waals surface area contributed by atoms with E-state index < -0.39 is 22.8 Å². The van der Waals surface area contributed by atoms with Gasteiger partial charge in [0, 0.05) is 18.1 Å². The number of benzene rings is 2. The maximum absolute atomic E-state index is 13.5. The van der Waals surface area contributed by atoms with Gasteiger partial charge in [-0.25, -0.2) is 4.39 Å². The van der Waals surface area contributed by atoms with Crippen molar-refractivity contribution in [3.8, 4) is 11.4 Å². The summed E-state index contributed by atoms with van der Waals surface area (Å²) in [6, 6.07) is 8.63. The van der Waals surface area contributed by atoms with E-state index in [1.165, 1.54) is 43.8 Å². The molecule has 3 aromatic rings. The summed E-state index contributed by atoms with van der Waals surface area (Å²) in [7, 11) is 1.47. The van der Waals surface area contributed by atoms with E-state index in [1.807, 2.05) is 0 Å². The van der Waals surface area contributed by atoms with Gasteiger partial charge in [-0.15, -0.1) is 0 Å². The summed E-state index contributed by atoms with van der Waals surface area (Å²) in [6.45, 7) is 1.32. The third-order valence-corrected chi connectivity index (χ3v) is 4.53. The number of hydrogen-bond acceptors (Lipinski definition) is 4. The lowest BCUT2D eigenvalue weighted by Crippen LogP contribution is -2.41. The average molecular weight is 418 g/mol. The van der Waals surface area contributed by atoms with Gasteiger partial charge in [0.1, 0.15) is 18.1 Å². The molecular formula is C20H17ClFN3O4. The Bertz CT molecular complexity index is 1200. The molecule has 0 aliphatic heterocycles. The van der Waals surface area contributed by atoms with Gasteiger partial charge in [-0.2, -0.15) is 0 Å². The second-order valence-corrected chi connectivity index (χ2v) is 6.64. The highest BCUT2D eigenvalue weighted by Gasteiger charge is 2.12. The lowest BCUT2D eigenvalue weighted by atomic mass is 10.2. The number of methoxy groups -OCH3 is 1. The van der Waals surface area contributed by atoms with Crippen molar-refractivity contribution < 1.29 is 13.9 Å². The van der Waals surface area contributed by atoms with Crippen molar-refractivity contribution in [1.29, 1.82) is 0 Å². The number of nitrogens with zero attached hydrogens (tertiary/aromatic N) is 2. The molecule has 3 rings (SSSR count). The van der Waals surface area contributed by atoms with Crippen LogP contribution in [-0.4, -0.2) is 22.2 Å². The van der Waals surface area contributed by atoms with Gasteiger partial charge in [-0.05, 0) is 42.8 Å². The maximum Gasteiger partial charge on any atom is 0.320 e. The van der Waals surface area contributed by atoms with Crippen molar-refractivity contribution in [2.45, 2.75) is 13.5 Å². The summed E-state index contributed by atoms with van der Waals surface area (Å²) in [5, 5.41) is 2.91. The molecule has 7 nitrogen and oxygen atoms in total. The molecule has 0 fully saturated rings. The van der Waals surface area contributed by atoms with Crippen molar-refractivity contribution in [2.24, 2.45) is 0 Å². The van der Waals surface area contributed by atoms with E-state index in [9.17, 15) is 18.8 Å². The molecule has 0 radical (unpaired) electrons. The molecule has 0 aliphatic rings. The van der Waals surface area contributed by atoms with Crippen molar-refractivity contribution in [1.82, 2.24) is 9.13 Å². The first-order chi connectivity index (χ1) is 13.8. The summed E-state index contributed by atoms with van der Waals surface area (Å²) < 4.78 is 20.6. The minimum Gasteiger partial charge on any atom is -0.495 e. The number of aryl methyl sites for hydroxylation is 1. The third kappa shape index (κ3) is 4.38. The Balaban J connectivity index is 1.83. The topological polar surface area (TPSA) is 82.3 Å². The van der Waals surface area contributed by atoms with E-state index in [1.54, 1.807) is 19.1 Å².